The molecule has 1 atom stereocenters. The minimum absolute atomic E-state index is 0.0187. The SMILES string of the molecule is CCN(C[C@H]1COc2ccccc2O1)c1ncnc2ccsc12. The summed E-state index contributed by atoms with van der Waals surface area (Å²) >= 11 is 1.67. The highest BCUT2D eigenvalue weighted by molar-refractivity contribution is 7.17. The van der Waals surface area contributed by atoms with Crippen LogP contribution in [0, 0.1) is 0 Å². The molecule has 6 heteroatoms. The first-order valence-electron chi connectivity index (χ1n) is 7.67. The number of aromatic nitrogens is 2. The first-order chi connectivity index (χ1) is 11.3. The second-order valence-electron chi connectivity index (χ2n) is 5.37. The maximum atomic E-state index is 6.07. The molecule has 0 saturated carbocycles. The summed E-state index contributed by atoms with van der Waals surface area (Å²) in [4.78, 5) is 11.0. The minimum atomic E-state index is -0.0187. The molecule has 0 saturated heterocycles. The Morgan fingerprint density at radius 1 is 1.22 bits per heavy atom. The Bertz CT molecular complexity index is 820. The van der Waals surface area contributed by atoms with E-state index in [1.54, 1.807) is 17.7 Å². The molecule has 4 rings (SSSR count). The highest BCUT2D eigenvalue weighted by Crippen LogP contribution is 2.32. The van der Waals surface area contributed by atoms with Crippen LogP contribution >= 0.6 is 11.3 Å². The van der Waals surface area contributed by atoms with Gasteiger partial charge in [0.05, 0.1) is 16.8 Å². The molecule has 3 aromatic rings. The molecule has 3 heterocycles. The molecule has 1 aliphatic heterocycles. The van der Waals surface area contributed by atoms with Crippen molar-refractivity contribution in [1.82, 2.24) is 9.97 Å². The summed E-state index contributed by atoms with van der Waals surface area (Å²) < 4.78 is 13.0. The second kappa shape index (κ2) is 6.04. The van der Waals surface area contributed by atoms with E-state index in [9.17, 15) is 0 Å². The predicted molar refractivity (Wildman–Crippen MR) is 91.7 cm³/mol. The Hall–Kier alpha value is -2.34. The first kappa shape index (κ1) is 14.3. The summed E-state index contributed by atoms with van der Waals surface area (Å²) in [7, 11) is 0. The van der Waals surface area contributed by atoms with Crippen molar-refractivity contribution in [2.45, 2.75) is 13.0 Å². The quantitative estimate of drug-likeness (QED) is 0.735. The highest BCUT2D eigenvalue weighted by atomic mass is 32.1. The van der Waals surface area contributed by atoms with Crippen molar-refractivity contribution in [3.05, 3.63) is 42.0 Å². The van der Waals surface area contributed by atoms with Gasteiger partial charge in [0.25, 0.3) is 0 Å². The maximum Gasteiger partial charge on any atom is 0.161 e. The average Bonchev–Trinajstić information content (AvgIpc) is 3.08. The molecule has 118 valence electrons. The third-order valence-corrected chi connectivity index (χ3v) is 4.80. The van der Waals surface area contributed by atoms with Crippen molar-refractivity contribution in [2.24, 2.45) is 0 Å². The van der Waals surface area contributed by atoms with Crippen molar-refractivity contribution in [1.29, 1.82) is 0 Å². The zero-order valence-corrected chi connectivity index (χ0v) is 13.6. The van der Waals surface area contributed by atoms with E-state index in [-0.39, 0.29) is 6.10 Å². The van der Waals surface area contributed by atoms with Crippen LogP contribution in [-0.2, 0) is 0 Å². The number of hydrogen-bond acceptors (Lipinski definition) is 6. The van der Waals surface area contributed by atoms with Gasteiger partial charge in [-0.1, -0.05) is 12.1 Å². The predicted octanol–water partition coefficient (Wildman–Crippen LogP) is 3.36. The zero-order valence-electron chi connectivity index (χ0n) is 12.8. The molecule has 0 fully saturated rings. The van der Waals surface area contributed by atoms with Crippen molar-refractivity contribution >= 4 is 27.4 Å². The lowest BCUT2D eigenvalue weighted by Gasteiger charge is -2.31. The Morgan fingerprint density at radius 2 is 2.09 bits per heavy atom. The number of benzene rings is 1. The average molecular weight is 327 g/mol. The molecule has 0 radical (unpaired) electrons. The number of nitrogens with zero attached hydrogens (tertiary/aromatic N) is 3. The fourth-order valence-electron chi connectivity index (χ4n) is 2.77. The number of ether oxygens (including phenoxy) is 2. The Balaban J connectivity index is 1.56. The summed E-state index contributed by atoms with van der Waals surface area (Å²) in [6.45, 7) is 4.26. The summed E-state index contributed by atoms with van der Waals surface area (Å²) in [6, 6.07) is 9.81. The van der Waals surface area contributed by atoms with Crippen molar-refractivity contribution < 1.29 is 9.47 Å². The van der Waals surface area contributed by atoms with Crippen LogP contribution in [0.1, 0.15) is 6.92 Å². The van der Waals surface area contributed by atoms with Gasteiger partial charge in [0.1, 0.15) is 18.8 Å². The van der Waals surface area contributed by atoms with Gasteiger partial charge in [0.15, 0.2) is 17.6 Å². The van der Waals surface area contributed by atoms with Gasteiger partial charge in [-0.3, -0.25) is 0 Å². The molecule has 0 bridgehead atoms. The van der Waals surface area contributed by atoms with Crippen LogP contribution in [-0.4, -0.2) is 35.8 Å². The summed E-state index contributed by atoms with van der Waals surface area (Å²) in [5.41, 5.74) is 0.990. The van der Waals surface area contributed by atoms with Crippen LogP contribution in [0.2, 0.25) is 0 Å². The number of para-hydroxylation sites is 2. The second-order valence-corrected chi connectivity index (χ2v) is 6.28. The third-order valence-electron chi connectivity index (χ3n) is 3.90. The monoisotopic (exact) mass is 327 g/mol. The Labute approximate surface area is 138 Å². The molecule has 5 nitrogen and oxygen atoms in total. The summed E-state index contributed by atoms with van der Waals surface area (Å²) in [5.74, 6) is 2.59. The van der Waals surface area contributed by atoms with Gasteiger partial charge in [-0.2, -0.15) is 0 Å². The number of rotatable bonds is 4. The lowest BCUT2D eigenvalue weighted by Crippen LogP contribution is -2.41. The van der Waals surface area contributed by atoms with E-state index in [1.807, 2.05) is 35.7 Å². The van der Waals surface area contributed by atoms with Crippen molar-refractivity contribution in [2.75, 3.05) is 24.6 Å². The van der Waals surface area contributed by atoms with E-state index in [2.05, 4.69) is 21.8 Å². The van der Waals surface area contributed by atoms with Crippen LogP contribution < -0.4 is 14.4 Å². The van der Waals surface area contributed by atoms with Gasteiger partial charge >= 0.3 is 0 Å². The number of likely N-dealkylation sites (N-methyl/N-ethyl adjacent to an activating group) is 1. The number of thiophene rings is 1. The lowest BCUT2D eigenvalue weighted by atomic mass is 10.2. The molecule has 1 aliphatic rings. The van der Waals surface area contributed by atoms with Gasteiger partial charge in [0, 0.05) is 6.54 Å². The van der Waals surface area contributed by atoms with Crippen LogP contribution in [0.3, 0.4) is 0 Å². The van der Waals surface area contributed by atoms with Gasteiger partial charge in [0.2, 0.25) is 0 Å². The molecular weight excluding hydrogens is 310 g/mol. The van der Waals surface area contributed by atoms with Gasteiger partial charge in [-0.05, 0) is 30.5 Å². The number of anilines is 1. The van der Waals surface area contributed by atoms with Crippen LogP contribution in [0.25, 0.3) is 10.2 Å². The standard InChI is InChI=1S/C17H17N3O2S/c1-2-20(17-16-13(7-8-23-16)18-11-19-17)9-12-10-21-14-5-3-4-6-15(14)22-12/h3-8,11-12H,2,9-10H2,1H3/t12-/m0/s1. The summed E-state index contributed by atoms with van der Waals surface area (Å²) in [5, 5.41) is 2.05. The highest BCUT2D eigenvalue weighted by Gasteiger charge is 2.24. The molecule has 0 unspecified atom stereocenters. The minimum Gasteiger partial charge on any atom is -0.486 e. The molecule has 1 aromatic carbocycles. The third kappa shape index (κ3) is 2.70. The van der Waals surface area contributed by atoms with Gasteiger partial charge in [-0.25, -0.2) is 9.97 Å². The molecule has 2 aromatic heterocycles. The number of hydrogen-bond donors (Lipinski definition) is 0. The van der Waals surface area contributed by atoms with Crippen LogP contribution in [0.4, 0.5) is 5.82 Å². The van der Waals surface area contributed by atoms with E-state index in [0.717, 1.165) is 40.6 Å². The van der Waals surface area contributed by atoms with E-state index in [1.165, 1.54) is 0 Å². The largest absolute Gasteiger partial charge is 0.486 e. The smallest absolute Gasteiger partial charge is 0.161 e. The topological polar surface area (TPSA) is 47.5 Å². The molecule has 0 spiro atoms. The Morgan fingerprint density at radius 3 is 2.96 bits per heavy atom. The number of fused-ring (bicyclic) bond motifs is 2. The maximum absolute atomic E-state index is 6.07. The molecular formula is C17H17N3O2S. The van der Waals surface area contributed by atoms with E-state index in [0.29, 0.717) is 6.61 Å². The molecule has 23 heavy (non-hydrogen) atoms. The summed E-state index contributed by atoms with van der Waals surface area (Å²) in [6.07, 6.45) is 1.61. The van der Waals surface area contributed by atoms with Crippen molar-refractivity contribution in [3.8, 4) is 11.5 Å². The van der Waals surface area contributed by atoms with Crippen LogP contribution in [0.5, 0.6) is 11.5 Å². The first-order valence-corrected chi connectivity index (χ1v) is 8.54. The van der Waals surface area contributed by atoms with E-state index >= 15 is 0 Å². The molecule has 0 aliphatic carbocycles. The molecule has 0 N–H and O–H groups in total. The zero-order chi connectivity index (χ0) is 15.6. The van der Waals surface area contributed by atoms with E-state index < -0.39 is 0 Å². The normalized spacial score (nSPS) is 16.5. The Kier molecular flexibility index (Phi) is 3.75. The van der Waals surface area contributed by atoms with E-state index in [4.69, 9.17) is 9.47 Å². The van der Waals surface area contributed by atoms with Crippen molar-refractivity contribution in [3.63, 3.8) is 0 Å². The van der Waals surface area contributed by atoms with Gasteiger partial charge in [-0.15, -0.1) is 11.3 Å². The fourth-order valence-corrected chi connectivity index (χ4v) is 3.63. The fraction of sp³-hybridized carbons (Fsp3) is 0.294. The lowest BCUT2D eigenvalue weighted by molar-refractivity contribution is 0.0953. The van der Waals surface area contributed by atoms with Gasteiger partial charge < -0.3 is 14.4 Å². The molecule has 0 amide bonds. The van der Waals surface area contributed by atoms with Crippen LogP contribution in [0.15, 0.2) is 42.0 Å².